The molecular formula is C26H29N3O4. The molecule has 0 bridgehead atoms. The van der Waals surface area contributed by atoms with Crippen LogP contribution in [0.4, 0.5) is 0 Å². The van der Waals surface area contributed by atoms with Gasteiger partial charge in [0.15, 0.2) is 11.5 Å². The minimum absolute atomic E-state index is 0.194. The maximum atomic E-state index is 12.2. The Labute approximate surface area is 194 Å². The molecule has 0 atom stereocenters. The first-order valence-electron chi connectivity index (χ1n) is 10.6. The Hall–Kier alpha value is -3.87. The summed E-state index contributed by atoms with van der Waals surface area (Å²) in [5.41, 5.74) is 5.22. The number of aromatic nitrogens is 2. The summed E-state index contributed by atoms with van der Waals surface area (Å²) in [6.45, 7) is 6.45. The second-order valence-electron chi connectivity index (χ2n) is 7.53. The zero-order chi connectivity index (χ0) is 23.8. The molecule has 0 spiro atoms. The highest BCUT2D eigenvalue weighted by Gasteiger charge is 2.10. The van der Waals surface area contributed by atoms with E-state index in [9.17, 15) is 4.79 Å². The fourth-order valence-corrected chi connectivity index (χ4v) is 3.15. The Morgan fingerprint density at radius 1 is 0.939 bits per heavy atom. The van der Waals surface area contributed by atoms with E-state index in [0.717, 1.165) is 39.7 Å². The van der Waals surface area contributed by atoms with Crippen molar-refractivity contribution in [3.05, 3.63) is 82.4 Å². The molecule has 3 rings (SSSR count). The summed E-state index contributed by atoms with van der Waals surface area (Å²) in [5, 5.41) is 2.87. The molecule has 7 heteroatoms. The maximum Gasteiger partial charge on any atom is 0.244 e. The molecule has 0 aliphatic rings. The lowest BCUT2D eigenvalue weighted by atomic mass is 10.2. The first-order valence-corrected chi connectivity index (χ1v) is 10.6. The predicted molar refractivity (Wildman–Crippen MR) is 127 cm³/mol. The second kappa shape index (κ2) is 11.1. The number of methoxy groups -OCH3 is 2. The van der Waals surface area contributed by atoms with Gasteiger partial charge in [-0.15, -0.1) is 0 Å². The summed E-state index contributed by atoms with van der Waals surface area (Å²) in [6.07, 6.45) is 3.24. The molecular weight excluding hydrogens is 418 g/mol. The summed E-state index contributed by atoms with van der Waals surface area (Å²) in [7, 11) is 3.20. The molecule has 0 aliphatic heterocycles. The predicted octanol–water partition coefficient (Wildman–Crippen LogP) is 4.33. The van der Waals surface area contributed by atoms with Crippen LogP contribution in [-0.4, -0.2) is 30.1 Å². The summed E-state index contributed by atoms with van der Waals surface area (Å²) in [5.74, 6) is 1.74. The molecule has 3 aromatic rings. The molecule has 0 saturated heterocycles. The Morgan fingerprint density at radius 3 is 2.48 bits per heavy atom. The zero-order valence-corrected chi connectivity index (χ0v) is 19.6. The van der Waals surface area contributed by atoms with Crippen LogP contribution >= 0.6 is 0 Å². The monoisotopic (exact) mass is 447 g/mol. The third-order valence-corrected chi connectivity index (χ3v) is 5.16. The van der Waals surface area contributed by atoms with Crippen LogP contribution in [0.2, 0.25) is 0 Å². The average Bonchev–Trinajstić information content (AvgIpc) is 2.83. The minimum atomic E-state index is -0.194. The van der Waals surface area contributed by atoms with E-state index in [-0.39, 0.29) is 5.91 Å². The largest absolute Gasteiger partial charge is 0.497 e. The topological polar surface area (TPSA) is 82.6 Å². The third kappa shape index (κ3) is 6.55. The number of nitrogens with one attached hydrogen (secondary N) is 1. The number of carbonyl (C=O) groups is 1. The van der Waals surface area contributed by atoms with E-state index in [0.29, 0.717) is 24.7 Å². The van der Waals surface area contributed by atoms with Crippen molar-refractivity contribution in [1.82, 2.24) is 15.3 Å². The van der Waals surface area contributed by atoms with Gasteiger partial charge in [-0.3, -0.25) is 14.8 Å². The Kier molecular flexibility index (Phi) is 8.02. The van der Waals surface area contributed by atoms with Gasteiger partial charge < -0.3 is 19.5 Å². The molecule has 0 aliphatic carbocycles. The average molecular weight is 448 g/mol. The van der Waals surface area contributed by atoms with E-state index in [2.05, 4.69) is 15.3 Å². The summed E-state index contributed by atoms with van der Waals surface area (Å²) >= 11 is 0. The van der Waals surface area contributed by atoms with Crippen LogP contribution in [0.25, 0.3) is 6.08 Å². The number of rotatable bonds is 9. The molecule has 1 N–H and O–H groups in total. The number of amides is 1. The molecule has 172 valence electrons. The quantitative estimate of drug-likeness (QED) is 0.492. The molecule has 1 heterocycles. The van der Waals surface area contributed by atoms with Gasteiger partial charge in [0.1, 0.15) is 12.4 Å². The molecule has 0 radical (unpaired) electrons. The van der Waals surface area contributed by atoms with E-state index < -0.39 is 0 Å². The van der Waals surface area contributed by atoms with Gasteiger partial charge in [0.05, 0.1) is 37.0 Å². The van der Waals surface area contributed by atoms with E-state index in [1.807, 2.05) is 63.2 Å². The Balaban J connectivity index is 1.59. The number of hydrogen-bond acceptors (Lipinski definition) is 6. The van der Waals surface area contributed by atoms with Crippen molar-refractivity contribution in [3.63, 3.8) is 0 Å². The number of aryl methyl sites for hydroxylation is 3. The smallest absolute Gasteiger partial charge is 0.244 e. The van der Waals surface area contributed by atoms with Gasteiger partial charge in [-0.1, -0.05) is 18.2 Å². The number of nitrogens with zero attached hydrogens (tertiary/aromatic N) is 2. The van der Waals surface area contributed by atoms with Crippen LogP contribution in [0.1, 0.15) is 33.9 Å². The molecule has 0 unspecified atom stereocenters. The summed E-state index contributed by atoms with van der Waals surface area (Å²) < 4.78 is 16.6. The van der Waals surface area contributed by atoms with Gasteiger partial charge in [-0.2, -0.15) is 0 Å². The molecule has 0 fully saturated rings. The van der Waals surface area contributed by atoms with Crippen molar-refractivity contribution in [2.45, 2.75) is 33.9 Å². The molecule has 1 amide bonds. The van der Waals surface area contributed by atoms with Crippen LogP contribution in [-0.2, 0) is 17.9 Å². The number of carbonyl (C=O) groups excluding carboxylic acids is 1. The van der Waals surface area contributed by atoms with Gasteiger partial charge in [0, 0.05) is 12.6 Å². The summed E-state index contributed by atoms with van der Waals surface area (Å²) in [4.78, 5) is 21.3. The van der Waals surface area contributed by atoms with Crippen LogP contribution in [0.5, 0.6) is 17.2 Å². The second-order valence-corrected chi connectivity index (χ2v) is 7.53. The zero-order valence-electron chi connectivity index (χ0n) is 19.6. The third-order valence-electron chi connectivity index (χ3n) is 5.16. The fourth-order valence-electron chi connectivity index (χ4n) is 3.15. The van der Waals surface area contributed by atoms with E-state index in [4.69, 9.17) is 14.2 Å². The summed E-state index contributed by atoms with van der Waals surface area (Å²) in [6, 6.07) is 13.1. The molecule has 2 aromatic carbocycles. The Bertz CT molecular complexity index is 1160. The normalized spacial score (nSPS) is 10.8. The highest BCUT2D eigenvalue weighted by molar-refractivity contribution is 5.91. The SMILES string of the molecule is COc1cccc(/C=C/C(=O)NCc2ccc(OCc3nc(C)c(C)nc3C)c(OC)c2)c1. The molecule has 33 heavy (non-hydrogen) atoms. The van der Waals surface area contributed by atoms with Crippen molar-refractivity contribution >= 4 is 12.0 Å². The van der Waals surface area contributed by atoms with Crippen LogP contribution < -0.4 is 19.5 Å². The van der Waals surface area contributed by atoms with Gasteiger partial charge in [-0.05, 0) is 62.2 Å². The highest BCUT2D eigenvalue weighted by atomic mass is 16.5. The van der Waals surface area contributed by atoms with Crippen molar-refractivity contribution in [3.8, 4) is 17.2 Å². The molecule has 1 aromatic heterocycles. The molecule has 0 saturated carbocycles. The van der Waals surface area contributed by atoms with Crippen LogP contribution in [0, 0.1) is 20.8 Å². The van der Waals surface area contributed by atoms with Gasteiger partial charge in [0.2, 0.25) is 5.91 Å². The van der Waals surface area contributed by atoms with E-state index in [1.54, 1.807) is 20.3 Å². The van der Waals surface area contributed by atoms with Crippen molar-refractivity contribution < 1.29 is 19.0 Å². The first-order chi connectivity index (χ1) is 15.9. The number of hydrogen-bond donors (Lipinski definition) is 1. The van der Waals surface area contributed by atoms with E-state index in [1.165, 1.54) is 6.08 Å². The lowest BCUT2D eigenvalue weighted by molar-refractivity contribution is -0.116. The Morgan fingerprint density at radius 2 is 1.73 bits per heavy atom. The highest BCUT2D eigenvalue weighted by Crippen LogP contribution is 2.29. The number of ether oxygens (including phenoxy) is 3. The van der Waals surface area contributed by atoms with Gasteiger partial charge in [0.25, 0.3) is 0 Å². The maximum absolute atomic E-state index is 12.2. The number of benzene rings is 2. The lowest BCUT2D eigenvalue weighted by Crippen LogP contribution is -2.20. The standard InChI is InChI=1S/C26H29N3O4/c1-17-18(2)29-23(19(3)28-17)16-33-24-11-9-21(14-25(24)32-5)15-27-26(30)12-10-20-7-6-8-22(13-20)31-4/h6-14H,15-16H2,1-5H3,(H,27,30)/b12-10+. The van der Waals surface area contributed by atoms with Gasteiger partial charge in [-0.25, -0.2) is 0 Å². The lowest BCUT2D eigenvalue weighted by Gasteiger charge is -2.13. The van der Waals surface area contributed by atoms with Crippen molar-refractivity contribution in [2.24, 2.45) is 0 Å². The first kappa shape index (κ1) is 23.8. The fraction of sp³-hybridized carbons (Fsp3) is 0.269. The van der Waals surface area contributed by atoms with E-state index >= 15 is 0 Å². The minimum Gasteiger partial charge on any atom is -0.497 e. The van der Waals surface area contributed by atoms with Crippen LogP contribution in [0.3, 0.4) is 0 Å². The van der Waals surface area contributed by atoms with Crippen molar-refractivity contribution in [2.75, 3.05) is 14.2 Å². The molecule has 7 nitrogen and oxygen atoms in total. The van der Waals surface area contributed by atoms with Gasteiger partial charge >= 0.3 is 0 Å². The van der Waals surface area contributed by atoms with Crippen molar-refractivity contribution in [1.29, 1.82) is 0 Å². The van der Waals surface area contributed by atoms with Crippen LogP contribution in [0.15, 0.2) is 48.5 Å².